The number of pyridine rings is 1. The number of nitrogens with zero attached hydrogens (tertiary/aromatic N) is 1. The predicted octanol–water partition coefficient (Wildman–Crippen LogP) is 2.36. The van der Waals surface area contributed by atoms with Crippen LogP contribution in [0.3, 0.4) is 0 Å². The third-order valence-electron chi connectivity index (χ3n) is 6.49. The van der Waals surface area contributed by atoms with Crippen LogP contribution in [0.5, 0.6) is 0 Å². The third-order valence-corrected chi connectivity index (χ3v) is 6.49. The summed E-state index contributed by atoms with van der Waals surface area (Å²) >= 11 is 0. The molecule has 2 heterocycles. The molecule has 0 bridgehead atoms. The molecule has 8 heteroatoms. The lowest BCUT2D eigenvalue weighted by atomic mass is 9.78. The van der Waals surface area contributed by atoms with Crippen molar-refractivity contribution in [3.05, 3.63) is 71.9 Å². The summed E-state index contributed by atoms with van der Waals surface area (Å²) in [7, 11) is -0.462. The van der Waals surface area contributed by atoms with E-state index in [9.17, 15) is 9.59 Å². The van der Waals surface area contributed by atoms with Crippen LogP contribution in [0.2, 0.25) is 0 Å². The average molecular weight is 445 g/mol. The van der Waals surface area contributed by atoms with E-state index in [0.717, 1.165) is 11.0 Å². The number of primary amides is 1. The summed E-state index contributed by atoms with van der Waals surface area (Å²) in [4.78, 5) is 29.3. The SMILES string of the molecule is CC1(C)OB(c2ccc(C[C@@H](NC(=O)c3ccnc4ccccc34)C(N)=O)cc2)OC1(C)C. The monoisotopic (exact) mass is 445 g/mol. The summed E-state index contributed by atoms with van der Waals surface area (Å²) in [6.07, 6.45) is 1.85. The van der Waals surface area contributed by atoms with Crippen molar-refractivity contribution in [1.29, 1.82) is 0 Å². The van der Waals surface area contributed by atoms with Gasteiger partial charge in [0.25, 0.3) is 5.91 Å². The van der Waals surface area contributed by atoms with Crippen molar-refractivity contribution in [2.24, 2.45) is 5.73 Å². The number of amides is 2. The highest BCUT2D eigenvalue weighted by Gasteiger charge is 2.51. The lowest BCUT2D eigenvalue weighted by Crippen LogP contribution is -2.46. The van der Waals surface area contributed by atoms with Crippen molar-refractivity contribution in [3.63, 3.8) is 0 Å². The molecule has 3 aromatic rings. The largest absolute Gasteiger partial charge is 0.494 e. The molecule has 2 aromatic carbocycles. The molecule has 7 nitrogen and oxygen atoms in total. The van der Waals surface area contributed by atoms with Crippen molar-refractivity contribution in [2.75, 3.05) is 0 Å². The number of fused-ring (bicyclic) bond motifs is 1. The first-order chi connectivity index (χ1) is 15.6. The van der Waals surface area contributed by atoms with Gasteiger partial charge in [0.15, 0.2) is 0 Å². The van der Waals surface area contributed by atoms with Crippen molar-refractivity contribution in [3.8, 4) is 0 Å². The molecule has 1 aliphatic rings. The van der Waals surface area contributed by atoms with Gasteiger partial charge < -0.3 is 20.4 Å². The number of carbonyl (C=O) groups is 2. The molecule has 0 radical (unpaired) electrons. The second-order valence-electron chi connectivity index (χ2n) is 9.34. The molecular formula is C25H28BN3O4. The fourth-order valence-electron chi connectivity index (χ4n) is 3.78. The Morgan fingerprint density at radius 1 is 1.00 bits per heavy atom. The number of nitrogens with one attached hydrogen (secondary N) is 1. The fraction of sp³-hybridized carbons (Fsp3) is 0.320. The Labute approximate surface area is 193 Å². The van der Waals surface area contributed by atoms with E-state index in [4.69, 9.17) is 15.0 Å². The van der Waals surface area contributed by atoms with Crippen molar-refractivity contribution in [1.82, 2.24) is 10.3 Å². The van der Waals surface area contributed by atoms with Crippen LogP contribution >= 0.6 is 0 Å². The zero-order valence-electron chi connectivity index (χ0n) is 19.3. The second kappa shape index (κ2) is 8.61. The maximum absolute atomic E-state index is 12.9. The van der Waals surface area contributed by atoms with Crippen LogP contribution in [0.15, 0.2) is 60.8 Å². The van der Waals surface area contributed by atoms with Gasteiger partial charge in [-0.25, -0.2) is 0 Å². The van der Waals surface area contributed by atoms with Crippen LogP contribution in [0, 0.1) is 0 Å². The van der Waals surface area contributed by atoms with Crippen LogP contribution in [-0.4, -0.2) is 41.2 Å². The molecule has 4 rings (SSSR count). The number of carbonyl (C=O) groups excluding carboxylic acids is 2. The Bertz CT molecular complexity index is 1170. The van der Waals surface area contributed by atoms with E-state index >= 15 is 0 Å². The molecule has 0 unspecified atom stereocenters. The highest BCUT2D eigenvalue weighted by Crippen LogP contribution is 2.36. The lowest BCUT2D eigenvalue weighted by molar-refractivity contribution is -0.119. The first-order valence-corrected chi connectivity index (χ1v) is 11.0. The van der Waals surface area contributed by atoms with Gasteiger partial charge in [0, 0.05) is 18.0 Å². The van der Waals surface area contributed by atoms with Gasteiger partial charge in [-0.3, -0.25) is 14.6 Å². The quantitative estimate of drug-likeness (QED) is 0.567. The molecule has 0 spiro atoms. The summed E-state index contributed by atoms with van der Waals surface area (Å²) in [6, 6.07) is 15.7. The number of hydrogen-bond acceptors (Lipinski definition) is 5. The number of nitrogens with two attached hydrogens (primary N) is 1. The first kappa shape index (κ1) is 23.0. The van der Waals surface area contributed by atoms with Crippen molar-refractivity contribution < 1.29 is 18.9 Å². The van der Waals surface area contributed by atoms with Crippen LogP contribution < -0.4 is 16.5 Å². The standard InChI is InChI=1S/C25H28BN3O4/c1-24(2)25(3,4)33-26(32-24)17-11-9-16(10-12-17)15-21(22(27)30)29-23(31)19-13-14-28-20-8-6-5-7-18(19)20/h5-14,21H,15H2,1-4H3,(H2,27,30)(H,29,31)/t21-/m1/s1. The van der Waals surface area contributed by atoms with E-state index in [1.807, 2.05) is 76.2 Å². The highest BCUT2D eigenvalue weighted by molar-refractivity contribution is 6.62. The van der Waals surface area contributed by atoms with Gasteiger partial charge in [0.2, 0.25) is 5.91 Å². The van der Waals surface area contributed by atoms with E-state index in [1.165, 1.54) is 0 Å². The minimum Gasteiger partial charge on any atom is -0.399 e. The Morgan fingerprint density at radius 2 is 1.64 bits per heavy atom. The maximum atomic E-state index is 12.9. The van der Waals surface area contributed by atoms with E-state index < -0.39 is 30.3 Å². The first-order valence-electron chi connectivity index (χ1n) is 11.0. The predicted molar refractivity (Wildman–Crippen MR) is 128 cm³/mol. The summed E-state index contributed by atoms with van der Waals surface area (Å²) in [5.74, 6) is -0.969. The molecule has 170 valence electrons. The van der Waals surface area contributed by atoms with Crippen molar-refractivity contribution in [2.45, 2.75) is 51.4 Å². The van der Waals surface area contributed by atoms with Crippen molar-refractivity contribution >= 4 is 35.3 Å². The summed E-state index contributed by atoms with van der Waals surface area (Å²) in [5, 5.41) is 3.49. The van der Waals surface area contributed by atoms with E-state index in [2.05, 4.69) is 10.3 Å². The minimum atomic E-state index is -0.855. The van der Waals surface area contributed by atoms with Gasteiger partial charge in [0.1, 0.15) is 6.04 Å². The summed E-state index contributed by atoms with van der Waals surface area (Å²) < 4.78 is 12.2. The smallest absolute Gasteiger partial charge is 0.399 e. The summed E-state index contributed by atoms with van der Waals surface area (Å²) in [5.41, 5.74) is 7.67. The third kappa shape index (κ3) is 4.63. The molecule has 33 heavy (non-hydrogen) atoms. The molecule has 0 aliphatic carbocycles. The molecule has 1 fully saturated rings. The zero-order valence-corrected chi connectivity index (χ0v) is 19.3. The van der Waals surface area contributed by atoms with Crippen LogP contribution in [0.4, 0.5) is 0 Å². The summed E-state index contributed by atoms with van der Waals surface area (Å²) in [6.45, 7) is 8.03. The molecule has 0 saturated carbocycles. The molecule has 1 aromatic heterocycles. The Balaban J connectivity index is 1.47. The fourth-order valence-corrected chi connectivity index (χ4v) is 3.78. The number of rotatable bonds is 6. The van der Waals surface area contributed by atoms with Gasteiger partial charge in [0.05, 0.1) is 22.3 Å². The van der Waals surface area contributed by atoms with Gasteiger partial charge in [-0.05, 0) is 50.9 Å². The van der Waals surface area contributed by atoms with Gasteiger partial charge in [-0.2, -0.15) is 0 Å². The Hall–Kier alpha value is -3.23. The number of benzene rings is 2. The van der Waals surface area contributed by atoms with Crippen LogP contribution in [-0.2, 0) is 20.5 Å². The van der Waals surface area contributed by atoms with E-state index in [-0.39, 0.29) is 12.3 Å². The lowest BCUT2D eigenvalue weighted by Gasteiger charge is -2.32. The van der Waals surface area contributed by atoms with Crippen LogP contribution in [0.1, 0.15) is 43.6 Å². The molecule has 1 saturated heterocycles. The molecule has 3 N–H and O–H groups in total. The van der Waals surface area contributed by atoms with Crippen LogP contribution in [0.25, 0.3) is 10.9 Å². The molecule has 1 aliphatic heterocycles. The maximum Gasteiger partial charge on any atom is 0.494 e. The van der Waals surface area contributed by atoms with Gasteiger partial charge in [-0.15, -0.1) is 0 Å². The van der Waals surface area contributed by atoms with Gasteiger partial charge in [-0.1, -0.05) is 42.5 Å². The number of para-hydroxylation sites is 1. The molecule has 1 atom stereocenters. The second-order valence-corrected chi connectivity index (χ2v) is 9.34. The average Bonchev–Trinajstić information content (AvgIpc) is 3.00. The molecular weight excluding hydrogens is 417 g/mol. The molecule has 2 amide bonds. The Morgan fingerprint density at radius 3 is 2.27 bits per heavy atom. The highest BCUT2D eigenvalue weighted by atomic mass is 16.7. The normalized spacial score (nSPS) is 17.6. The zero-order chi connectivity index (χ0) is 23.8. The minimum absolute atomic E-state index is 0.272. The van der Waals surface area contributed by atoms with Gasteiger partial charge >= 0.3 is 7.12 Å². The topological polar surface area (TPSA) is 104 Å². The number of hydrogen-bond donors (Lipinski definition) is 2. The Kier molecular flexibility index (Phi) is 5.99. The number of aromatic nitrogens is 1. The van der Waals surface area contributed by atoms with E-state index in [0.29, 0.717) is 16.5 Å². The van der Waals surface area contributed by atoms with E-state index in [1.54, 1.807) is 12.3 Å².